The Bertz CT molecular complexity index is 534. The minimum absolute atomic E-state index is 0.481. The molecule has 1 heterocycles. The normalized spacial score (nSPS) is 12.6. The highest BCUT2D eigenvalue weighted by Crippen LogP contribution is 2.19. The lowest BCUT2D eigenvalue weighted by Gasteiger charge is -2.13. The van der Waals surface area contributed by atoms with Crippen molar-refractivity contribution in [2.24, 2.45) is 7.05 Å². The average molecular weight is 278 g/mol. The Morgan fingerprint density at radius 3 is 2.58 bits per heavy atom. The molecule has 0 radical (unpaired) electrons. The molecule has 2 aromatic rings. The zero-order chi connectivity index (χ0) is 13.8. The van der Waals surface area contributed by atoms with Crippen molar-refractivity contribution in [1.82, 2.24) is 15.1 Å². The van der Waals surface area contributed by atoms with Crippen LogP contribution in [0.25, 0.3) is 0 Å². The van der Waals surface area contributed by atoms with Crippen molar-refractivity contribution in [1.29, 1.82) is 0 Å². The fourth-order valence-corrected chi connectivity index (χ4v) is 2.41. The van der Waals surface area contributed by atoms with Gasteiger partial charge in [-0.05, 0) is 18.4 Å². The largest absolute Gasteiger partial charge is 0.311 e. The van der Waals surface area contributed by atoms with Crippen LogP contribution in [0, 0.1) is 6.92 Å². The van der Waals surface area contributed by atoms with Gasteiger partial charge in [0.25, 0.3) is 0 Å². The van der Waals surface area contributed by atoms with E-state index < -0.39 is 0 Å². The highest BCUT2D eigenvalue weighted by atomic mass is 35.5. The van der Waals surface area contributed by atoms with E-state index in [9.17, 15) is 0 Å². The van der Waals surface area contributed by atoms with Crippen molar-refractivity contribution >= 4 is 11.6 Å². The molecule has 2 rings (SSSR count). The minimum atomic E-state index is 0.481. The molecule has 102 valence electrons. The summed E-state index contributed by atoms with van der Waals surface area (Å²) in [6.45, 7) is 5.81. The van der Waals surface area contributed by atoms with Crippen molar-refractivity contribution in [3.8, 4) is 0 Å². The molecule has 0 saturated carbocycles. The van der Waals surface area contributed by atoms with Crippen molar-refractivity contribution in [3.05, 3.63) is 52.3 Å². The molecule has 0 saturated heterocycles. The summed E-state index contributed by atoms with van der Waals surface area (Å²) >= 11 is 6.22. The molecular formula is C15H20ClN3. The summed E-state index contributed by atoms with van der Waals surface area (Å²) in [4.78, 5) is 0. The van der Waals surface area contributed by atoms with Crippen molar-refractivity contribution in [3.63, 3.8) is 0 Å². The molecule has 0 aliphatic heterocycles. The van der Waals surface area contributed by atoms with E-state index in [2.05, 4.69) is 41.6 Å². The smallest absolute Gasteiger partial charge is 0.0860 e. The Kier molecular flexibility index (Phi) is 4.61. The number of aryl methyl sites for hydroxylation is 2. The predicted molar refractivity (Wildman–Crippen MR) is 79.5 cm³/mol. The number of nitrogens with zero attached hydrogens (tertiary/aromatic N) is 2. The molecule has 0 fully saturated rings. The number of benzene rings is 1. The molecule has 1 atom stereocenters. The molecule has 0 amide bonds. The van der Waals surface area contributed by atoms with E-state index in [1.807, 2.05) is 24.7 Å². The molecule has 4 heteroatoms. The SMILES string of the molecule is Cc1nn(C)c(CNCC(C)c2ccccc2)c1Cl. The van der Waals surface area contributed by atoms with Gasteiger partial charge >= 0.3 is 0 Å². The Hall–Kier alpha value is -1.32. The maximum absolute atomic E-state index is 6.22. The second-order valence-electron chi connectivity index (χ2n) is 4.91. The van der Waals surface area contributed by atoms with Gasteiger partial charge in [-0.3, -0.25) is 4.68 Å². The summed E-state index contributed by atoms with van der Waals surface area (Å²) in [5.74, 6) is 0.481. The number of halogens is 1. The molecule has 1 unspecified atom stereocenters. The summed E-state index contributed by atoms with van der Waals surface area (Å²) < 4.78 is 1.85. The molecule has 1 N–H and O–H groups in total. The minimum Gasteiger partial charge on any atom is -0.311 e. The third-order valence-electron chi connectivity index (χ3n) is 3.37. The van der Waals surface area contributed by atoms with Crippen molar-refractivity contribution in [2.75, 3.05) is 6.54 Å². The van der Waals surface area contributed by atoms with Crippen LogP contribution in [0.5, 0.6) is 0 Å². The van der Waals surface area contributed by atoms with Gasteiger partial charge in [0, 0.05) is 20.1 Å². The molecule has 3 nitrogen and oxygen atoms in total. The van der Waals surface area contributed by atoms with Gasteiger partial charge in [0.2, 0.25) is 0 Å². The van der Waals surface area contributed by atoms with Gasteiger partial charge in [-0.1, -0.05) is 48.9 Å². The lowest BCUT2D eigenvalue weighted by molar-refractivity contribution is 0.584. The Balaban J connectivity index is 1.90. The summed E-state index contributed by atoms with van der Waals surface area (Å²) in [6.07, 6.45) is 0. The molecule has 1 aromatic heterocycles. The monoisotopic (exact) mass is 277 g/mol. The van der Waals surface area contributed by atoms with Crippen LogP contribution in [-0.2, 0) is 13.6 Å². The molecule has 0 bridgehead atoms. The van der Waals surface area contributed by atoms with Gasteiger partial charge < -0.3 is 5.32 Å². The van der Waals surface area contributed by atoms with Gasteiger partial charge in [-0.15, -0.1) is 0 Å². The van der Waals surface area contributed by atoms with Gasteiger partial charge in [-0.2, -0.15) is 5.10 Å². The van der Waals surface area contributed by atoms with E-state index in [0.717, 1.165) is 29.5 Å². The van der Waals surface area contributed by atoms with Crippen molar-refractivity contribution in [2.45, 2.75) is 26.3 Å². The van der Waals surface area contributed by atoms with Crippen LogP contribution in [-0.4, -0.2) is 16.3 Å². The van der Waals surface area contributed by atoms with E-state index in [4.69, 9.17) is 11.6 Å². The number of aromatic nitrogens is 2. The second-order valence-corrected chi connectivity index (χ2v) is 5.29. The second kappa shape index (κ2) is 6.22. The highest BCUT2D eigenvalue weighted by Gasteiger charge is 2.11. The number of hydrogen-bond acceptors (Lipinski definition) is 2. The first-order chi connectivity index (χ1) is 9.09. The zero-order valence-corrected chi connectivity index (χ0v) is 12.4. The third kappa shape index (κ3) is 3.37. The zero-order valence-electron chi connectivity index (χ0n) is 11.7. The summed E-state index contributed by atoms with van der Waals surface area (Å²) in [5.41, 5.74) is 3.28. The highest BCUT2D eigenvalue weighted by molar-refractivity contribution is 6.31. The molecular weight excluding hydrogens is 258 g/mol. The molecule has 0 spiro atoms. The van der Waals surface area contributed by atoms with E-state index in [-0.39, 0.29) is 0 Å². The van der Waals surface area contributed by atoms with E-state index >= 15 is 0 Å². The predicted octanol–water partition coefficient (Wildman–Crippen LogP) is 3.28. The van der Waals surface area contributed by atoms with Gasteiger partial charge in [0.1, 0.15) is 0 Å². The maximum Gasteiger partial charge on any atom is 0.0860 e. The average Bonchev–Trinajstić information content (AvgIpc) is 2.66. The van der Waals surface area contributed by atoms with Gasteiger partial charge in [-0.25, -0.2) is 0 Å². The van der Waals surface area contributed by atoms with Crippen LogP contribution in [0.2, 0.25) is 5.02 Å². The lowest BCUT2D eigenvalue weighted by Crippen LogP contribution is -2.21. The van der Waals surface area contributed by atoms with Crippen LogP contribution in [0.15, 0.2) is 30.3 Å². The molecule has 0 aliphatic rings. The Morgan fingerprint density at radius 1 is 1.32 bits per heavy atom. The standard InChI is InChI=1S/C15H20ClN3/c1-11(13-7-5-4-6-8-13)9-17-10-14-15(16)12(2)18-19(14)3/h4-8,11,17H,9-10H2,1-3H3. The number of rotatable bonds is 5. The molecule has 0 aliphatic carbocycles. The topological polar surface area (TPSA) is 29.9 Å². The van der Waals surface area contributed by atoms with Gasteiger partial charge in [0.05, 0.1) is 16.4 Å². The third-order valence-corrected chi connectivity index (χ3v) is 3.86. The van der Waals surface area contributed by atoms with Crippen LogP contribution in [0.4, 0.5) is 0 Å². The molecule has 19 heavy (non-hydrogen) atoms. The number of nitrogens with one attached hydrogen (secondary N) is 1. The molecule has 1 aromatic carbocycles. The fourth-order valence-electron chi connectivity index (χ4n) is 2.18. The quantitative estimate of drug-likeness (QED) is 0.909. The van der Waals surface area contributed by atoms with E-state index in [1.54, 1.807) is 0 Å². The first-order valence-corrected chi connectivity index (χ1v) is 6.91. The number of hydrogen-bond donors (Lipinski definition) is 1. The lowest BCUT2D eigenvalue weighted by atomic mass is 10.0. The Labute approximate surface area is 119 Å². The van der Waals surface area contributed by atoms with Crippen LogP contribution < -0.4 is 5.32 Å². The summed E-state index contributed by atoms with van der Waals surface area (Å²) in [7, 11) is 1.93. The summed E-state index contributed by atoms with van der Waals surface area (Å²) in [5, 5.41) is 8.53. The van der Waals surface area contributed by atoms with E-state index in [0.29, 0.717) is 5.92 Å². The van der Waals surface area contributed by atoms with Crippen LogP contribution in [0.1, 0.15) is 29.8 Å². The Morgan fingerprint density at radius 2 is 2.00 bits per heavy atom. The van der Waals surface area contributed by atoms with Crippen LogP contribution >= 0.6 is 11.6 Å². The van der Waals surface area contributed by atoms with E-state index in [1.165, 1.54) is 5.56 Å². The van der Waals surface area contributed by atoms with Crippen LogP contribution in [0.3, 0.4) is 0 Å². The van der Waals surface area contributed by atoms with Gasteiger partial charge in [0.15, 0.2) is 0 Å². The first kappa shape index (κ1) is 14.1. The summed E-state index contributed by atoms with van der Waals surface area (Å²) in [6, 6.07) is 10.5. The van der Waals surface area contributed by atoms with Crippen molar-refractivity contribution < 1.29 is 0 Å². The maximum atomic E-state index is 6.22. The first-order valence-electron chi connectivity index (χ1n) is 6.53. The fraction of sp³-hybridized carbons (Fsp3) is 0.400.